The molecule has 0 bridgehead atoms. The van der Waals surface area contributed by atoms with Crippen LogP contribution >= 0.6 is 34.5 Å². The molecule has 0 saturated carbocycles. The van der Waals surface area contributed by atoms with Crippen molar-refractivity contribution in [3.63, 3.8) is 0 Å². The molecular weight excluding hydrogens is 649 g/mol. The van der Waals surface area contributed by atoms with Crippen molar-refractivity contribution in [3.05, 3.63) is 79.8 Å². The lowest BCUT2D eigenvalue weighted by Crippen LogP contribution is -2.71. The Morgan fingerprint density at radius 1 is 1.13 bits per heavy atom. The number of esters is 1. The van der Waals surface area contributed by atoms with Crippen LogP contribution in [-0.4, -0.2) is 76.9 Å². The third kappa shape index (κ3) is 6.08. The van der Waals surface area contributed by atoms with E-state index in [9.17, 15) is 14.4 Å². The number of likely N-dealkylation sites (tertiary alicyclic amines) is 1. The highest BCUT2D eigenvalue weighted by Gasteiger charge is 2.58. The number of para-hydroxylation sites is 1. The Morgan fingerprint density at radius 3 is 2.67 bits per heavy atom. The molecule has 1 N–H and O–H groups in total. The van der Waals surface area contributed by atoms with Gasteiger partial charge in [-0.3, -0.25) is 9.59 Å². The zero-order chi connectivity index (χ0) is 32.6. The van der Waals surface area contributed by atoms with Crippen LogP contribution in [0.1, 0.15) is 51.1 Å². The fourth-order valence-electron chi connectivity index (χ4n) is 6.60. The van der Waals surface area contributed by atoms with E-state index in [0.717, 1.165) is 33.6 Å². The van der Waals surface area contributed by atoms with E-state index < -0.39 is 0 Å². The van der Waals surface area contributed by atoms with Crippen LogP contribution in [0, 0.1) is 0 Å². The van der Waals surface area contributed by atoms with Crippen molar-refractivity contribution in [2.75, 3.05) is 39.2 Å². The zero-order valence-electron chi connectivity index (χ0n) is 25.9. The van der Waals surface area contributed by atoms with Gasteiger partial charge in [0.1, 0.15) is 6.54 Å². The van der Waals surface area contributed by atoms with Gasteiger partial charge in [-0.2, -0.15) is 4.59 Å². The summed E-state index contributed by atoms with van der Waals surface area (Å²) >= 11 is 15.0. The Morgan fingerprint density at radius 2 is 1.91 bits per heavy atom. The number of amides is 2. The number of aryl methyl sites for hydroxylation is 2. The fraction of sp³-hybridized carbons (Fsp3) is 0.394. The molecule has 2 amide bonds. The third-order valence-corrected chi connectivity index (χ3v) is 10.9. The molecule has 0 spiro atoms. The normalized spacial score (nSPS) is 20.2. The van der Waals surface area contributed by atoms with Gasteiger partial charge in [0.2, 0.25) is 0 Å². The fourth-order valence-corrected chi connectivity index (χ4v) is 8.18. The van der Waals surface area contributed by atoms with Crippen LogP contribution in [0.15, 0.2) is 48.8 Å². The lowest BCUT2D eigenvalue weighted by Gasteiger charge is -2.50. The monoisotopic (exact) mass is 684 g/mol. The number of ether oxygens (including phenoxy) is 2. The molecule has 2 aromatic heterocycles. The molecular formula is C33H36Cl2N5O5S+. The first kappa shape index (κ1) is 32.6. The Kier molecular flexibility index (Phi) is 9.52. The number of rotatable bonds is 10. The number of anilines is 1. The van der Waals surface area contributed by atoms with E-state index in [2.05, 4.69) is 10.3 Å². The van der Waals surface area contributed by atoms with E-state index in [-0.39, 0.29) is 47.4 Å². The summed E-state index contributed by atoms with van der Waals surface area (Å²) in [4.78, 5) is 45.2. The van der Waals surface area contributed by atoms with Crippen molar-refractivity contribution in [1.82, 2.24) is 14.6 Å². The number of aromatic nitrogens is 2. The molecule has 2 fully saturated rings. The first-order valence-electron chi connectivity index (χ1n) is 15.2. The number of methoxy groups -OCH3 is 2. The van der Waals surface area contributed by atoms with Crippen molar-refractivity contribution >= 4 is 68.9 Å². The smallest absolute Gasteiger partial charge is 0.337 e. The lowest BCUT2D eigenvalue weighted by molar-refractivity contribution is -0.993. The van der Waals surface area contributed by atoms with Gasteiger partial charge in [-0.15, -0.1) is 16.3 Å². The van der Waals surface area contributed by atoms with Crippen LogP contribution in [0.5, 0.6) is 0 Å². The number of halogens is 2. The summed E-state index contributed by atoms with van der Waals surface area (Å²) < 4.78 is 12.4. The van der Waals surface area contributed by atoms with Crippen molar-refractivity contribution < 1.29 is 28.4 Å². The number of carbonyl (C=O) groups excluding carboxylic acids is 3. The van der Waals surface area contributed by atoms with Gasteiger partial charge in [-0.1, -0.05) is 41.4 Å². The molecule has 242 valence electrons. The molecule has 0 aliphatic carbocycles. The SMILES string of the molecule is COC(=O)CCc1cnc([C@@H]2CCC[N+]2(C(=O)Cc2cc(Cl)c(NC(=O)c3cn(C)c4ccccc34)cc2Cl)N2CC(OC)C2)s1. The molecule has 10 nitrogen and oxygen atoms in total. The minimum atomic E-state index is -0.303. The van der Waals surface area contributed by atoms with Gasteiger partial charge in [0.15, 0.2) is 11.0 Å². The minimum absolute atomic E-state index is 0.00567. The number of thiazole rings is 1. The molecule has 2 aliphatic heterocycles. The molecule has 2 atom stereocenters. The van der Waals surface area contributed by atoms with Crippen molar-refractivity contribution in [3.8, 4) is 0 Å². The quantitative estimate of drug-likeness (QED) is 0.162. The summed E-state index contributed by atoms with van der Waals surface area (Å²) in [5, 5.41) is 7.43. The molecule has 13 heteroatoms. The number of hydrogen-bond acceptors (Lipinski definition) is 8. The number of carbonyl (C=O) groups is 3. The number of hydrogen-bond donors (Lipinski definition) is 1. The zero-order valence-corrected chi connectivity index (χ0v) is 28.3. The summed E-state index contributed by atoms with van der Waals surface area (Å²) in [7, 11) is 4.96. The van der Waals surface area contributed by atoms with Crippen molar-refractivity contribution in [1.29, 1.82) is 0 Å². The predicted molar refractivity (Wildman–Crippen MR) is 178 cm³/mol. The van der Waals surface area contributed by atoms with E-state index in [1.165, 1.54) is 7.11 Å². The maximum absolute atomic E-state index is 14.5. The van der Waals surface area contributed by atoms with E-state index in [1.807, 2.05) is 35.9 Å². The molecule has 0 radical (unpaired) electrons. The van der Waals surface area contributed by atoms with Gasteiger partial charge in [-0.25, -0.2) is 9.78 Å². The summed E-state index contributed by atoms with van der Waals surface area (Å²) in [5.74, 6) is -0.575. The van der Waals surface area contributed by atoms with E-state index >= 15 is 0 Å². The molecule has 2 saturated heterocycles. The number of nitrogens with zero attached hydrogens (tertiary/aromatic N) is 4. The second-order valence-corrected chi connectivity index (χ2v) is 13.8. The van der Waals surface area contributed by atoms with E-state index in [0.29, 0.717) is 52.9 Å². The topological polar surface area (TPSA) is 103 Å². The van der Waals surface area contributed by atoms with E-state index in [4.69, 9.17) is 37.7 Å². The minimum Gasteiger partial charge on any atom is -0.469 e. The second-order valence-electron chi connectivity index (χ2n) is 11.8. The molecule has 2 aromatic carbocycles. The largest absolute Gasteiger partial charge is 0.469 e. The third-order valence-electron chi connectivity index (χ3n) is 9.12. The predicted octanol–water partition coefficient (Wildman–Crippen LogP) is 5.97. The van der Waals surface area contributed by atoms with Gasteiger partial charge in [0, 0.05) is 60.2 Å². The second kappa shape index (κ2) is 13.4. The van der Waals surface area contributed by atoms with Crippen LogP contribution in [0.4, 0.5) is 5.69 Å². The highest BCUT2D eigenvalue weighted by molar-refractivity contribution is 7.11. The first-order valence-corrected chi connectivity index (χ1v) is 16.8. The summed E-state index contributed by atoms with van der Waals surface area (Å²) in [5.41, 5.74) is 2.43. The lowest BCUT2D eigenvalue weighted by atomic mass is 10.1. The number of nitrogens with one attached hydrogen (secondary N) is 1. The molecule has 6 rings (SSSR count). The number of quaternary nitrogens is 1. The van der Waals surface area contributed by atoms with Gasteiger partial charge < -0.3 is 19.4 Å². The van der Waals surface area contributed by atoms with Gasteiger partial charge >= 0.3 is 11.9 Å². The van der Waals surface area contributed by atoms with Crippen LogP contribution in [-0.2, 0) is 39.0 Å². The maximum atomic E-state index is 14.5. The number of benzene rings is 2. The molecule has 4 aromatic rings. The van der Waals surface area contributed by atoms with Gasteiger partial charge in [0.05, 0.1) is 55.4 Å². The average Bonchev–Trinajstić information content (AvgIpc) is 3.76. The molecule has 1 unspecified atom stereocenters. The van der Waals surface area contributed by atoms with Gasteiger partial charge in [0.25, 0.3) is 5.91 Å². The Balaban J connectivity index is 1.24. The van der Waals surface area contributed by atoms with Crippen molar-refractivity contribution in [2.45, 2.75) is 44.2 Å². The molecule has 46 heavy (non-hydrogen) atoms. The van der Waals surface area contributed by atoms with Gasteiger partial charge in [-0.05, 0) is 30.2 Å². The molecule has 4 heterocycles. The van der Waals surface area contributed by atoms with Crippen LogP contribution in [0.3, 0.4) is 0 Å². The van der Waals surface area contributed by atoms with E-state index in [1.54, 1.807) is 43.0 Å². The Bertz CT molecular complexity index is 1800. The molecule has 2 aliphatic rings. The summed E-state index contributed by atoms with van der Waals surface area (Å²) in [6.45, 7) is 1.90. The summed E-state index contributed by atoms with van der Waals surface area (Å²) in [6, 6.07) is 10.8. The number of fused-ring (bicyclic) bond motifs is 1. The summed E-state index contributed by atoms with van der Waals surface area (Å²) in [6.07, 6.45) is 6.18. The first-order chi connectivity index (χ1) is 22.1. The Labute approximate surface area is 281 Å². The van der Waals surface area contributed by atoms with Crippen LogP contribution in [0.2, 0.25) is 10.0 Å². The highest BCUT2D eigenvalue weighted by atomic mass is 35.5. The standard InChI is InChI=1S/C33H35Cl2N5O5S/c1-38-19-24(23-7-4-5-8-28(23)38)32(43)37-27-15-25(34)20(13-26(27)35)14-30(41)40(39-17-21(18-39)44-2)12-6-9-29(40)33-36-16-22(46-33)10-11-31(42)45-3/h4-5,7-8,13,15-16,19,21,29H,6,9-12,14,17-18H2,1-3H3/p+1/t29-,40?/m0/s1. The van der Waals surface area contributed by atoms with Crippen LogP contribution < -0.4 is 5.32 Å². The highest BCUT2D eigenvalue weighted by Crippen LogP contribution is 2.45. The average molecular weight is 686 g/mol. The van der Waals surface area contributed by atoms with Crippen LogP contribution in [0.25, 0.3) is 10.9 Å². The maximum Gasteiger partial charge on any atom is 0.337 e. The Hall–Kier alpha value is -3.32. The van der Waals surface area contributed by atoms with Crippen molar-refractivity contribution in [2.24, 2.45) is 7.05 Å².